The van der Waals surface area contributed by atoms with Crippen molar-refractivity contribution >= 4 is 17.5 Å². The van der Waals surface area contributed by atoms with Gasteiger partial charge in [0.2, 0.25) is 5.91 Å². The number of amides is 2. The molecule has 2 aromatic heterocycles. The number of nitrogens with one attached hydrogen (secondary N) is 1. The second-order valence-corrected chi connectivity index (χ2v) is 9.16. The van der Waals surface area contributed by atoms with Crippen molar-refractivity contribution in [3.8, 4) is 0 Å². The third kappa shape index (κ3) is 3.34. The maximum absolute atomic E-state index is 13.2. The van der Waals surface area contributed by atoms with Gasteiger partial charge in [-0.05, 0) is 44.9 Å². The lowest BCUT2D eigenvalue weighted by atomic mass is 9.73. The zero-order valence-corrected chi connectivity index (χ0v) is 16.8. The Labute approximate surface area is 168 Å². The first kappa shape index (κ1) is 18.4. The summed E-state index contributed by atoms with van der Waals surface area (Å²) in [6.07, 6.45) is 7.15. The molecule has 4 heterocycles. The number of hydrogen-bond acceptors (Lipinski definition) is 4. The second kappa shape index (κ2) is 6.71. The van der Waals surface area contributed by atoms with Gasteiger partial charge in [-0.25, -0.2) is 9.50 Å². The number of aryl methyl sites for hydroxylation is 1. The van der Waals surface area contributed by atoms with Crippen molar-refractivity contribution < 1.29 is 9.59 Å². The number of hydrogen-bond donors (Lipinski definition) is 1. The van der Waals surface area contributed by atoms with Gasteiger partial charge in [0.25, 0.3) is 11.5 Å². The molecular formula is C21H27N5O3. The summed E-state index contributed by atoms with van der Waals surface area (Å²) >= 11 is 0. The number of carbonyl (C=O) groups is 2. The van der Waals surface area contributed by atoms with Gasteiger partial charge >= 0.3 is 0 Å². The molecule has 1 atom stereocenters. The van der Waals surface area contributed by atoms with Crippen molar-refractivity contribution in [1.29, 1.82) is 0 Å². The highest BCUT2D eigenvalue weighted by Crippen LogP contribution is 2.40. The number of rotatable bonds is 3. The summed E-state index contributed by atoms with van der Waals surface area (Å²) in [6, 6.07) is 1.78. The topological polar surface area (TPSA) is 90.8 Å². The van der Waals surface area contributed by atoms with Crippen LogP contribution in [0, 0.1) is 18.3 Å². The first-order chi connectivity index (χ1) is 13.9. The molecule has 1 N–H and O–H groups in total. The van der Waals surface area contributed by atoms with E-state index < -0.39 is 0 Å². The smallest absolute Gasteiger partial charge is 0.285 e. The predicted molar refractivity (Wildman–Crippen MR) is 107 cm³/mol. The number of H-pyrrole nitrogens is 1. The maximum Gasteiger partial charge on any atom is 0.285 e. The quantitative estimate of drug-likeness (QED) is 0.851. The van der Waals surface area contributed by atoms with E-state index >= 15 is 0 Å². The fraction of sp³-hybridized carbons (Fsp3) is 0.619. The molecule has 3 fully saturated rings. The van der Waals surface area contributed by atoms with Crippen LogP contribution in [0.25, 0.3) is 5.65 Å². The average molecular weight is 397 g/mol. The third-order valence-electron chi connectivity index (χ3n) is 6.72. The molecule has 1 spiro atoms. The van der Waals surface area contributed by atoms with Crippen LogP contribution < -0.4 is 5.56 Å². The van der Waals surface area contributed by atoms with Crippen LogP contribution in [0.15, 0.2) is 17.1 Å². The number of carbonyl (C=O) groups excluding carboxylic acids is 2. The van der Waals surface area contributed by atoms with Crippen LogP contribution in [0.4, 0.5) is 0 Å². The zero-order valence-electron chi connectivity index (χ0n) is 16.8. The largest absolute Gasteiger partial charge is 0.342 e. The van der Waals surface area contributed by atoms with Crippen LogP contribution in [0.3, 0.4) is 0 Å². The van der Waals surface area contributed by atoms with E-state index in [9.17, 15) is 14.4 Å². The van der Waals surface area contributed by atoms with Crippen molar-refractivity contribution in [2.24, 2.45) is 11.3 Å². The highest BCUT2D eigenvalue weighted by Gasteiger charge is 2.44. The van der Waals surface area contributed by atoms with Crippen LogP contribution in [0.2, 0.25) is 0 Å². The Morgan fingerprint density at radius 3 is 2.90 bits per heavy atom. The molecule has 29 heavy (non-hydrogen) atoms. The molecule has 2 saturated heterocycles. The van der Waals surface area contributed by atoms with Crippen molar-refractivity contribution in [2.45, 2.75) is 45.4 Å². The van der Waals surface area contributed by atoms with E-state index in [2.05, 4.69) is 10.1 Å². The van der Waals surface area contributed by atoms with Crippen LogP contribution in [-0.4, -0.2) is 62.4 Å². The summed E-state index contributed by atoms with van der Waals surface area (Å²) in [7, 11) is 0. The molecule has 2 amide bonds. The number of aromatic nitrogens is 3. The molecule has 5 rings (SSSR count). The van der Waals surface area contributed by atoms with Crippen LogP contribution in [0.5, 0.6) is 0 Å². The molecular weight excluding hydrogens is 370 g/mol. The van der Waals surface area contributed by atoms with Crippen molar-refractivity contribution in [2.75, 3.05) is 26.2 Å². The Balaban J connectivity index is 1.37. The minimum Gasteiger partial charge on any atom is -0.342 e. The van der Waals surface area contributed by atoms with Crippen molar-refractivity contribution in [3.63, 3.8) is 0 Å². The van der Waals surface area contributed by atoms with Gasteiger partial charge < -0.3 is 9.80 Å². The molecule has 2 aliphatic heterocycles. The van der Waals surface area contributed by atoms with E-state index in [1.165, 1.54) is 23.6 Å². The molecule has 1 unspecified atom stereocenters. The van der Waals surface area contributed by atoms with Crippen molar-refractivity contribution in [1.82, 2.24) is 24.4 Å². The van der Waals surface area contributed by atoms with Gasteiger partial charge in [0.05, 0.1) is 0 Å². The van der Waals surface area contributed by atoms with Crippen LogP contribution in [0.1, 0.15) is 54.6 Å². The molecule has 0 radical (unpaired) electrons. The van der Waals surface area contributed by atoms with Gasteiger partial charge in [-0.15, -0.1) is 0 Å². The van der Waals surface area contributed by atoms with Gasteiger partial charge in [-0.1, -0.05) is 0 Å². The Bertz CT molecular complexity index is 1040. The predicted octanol–water partition coefficient (Wildman–Crippen LogP) is 1.59. The number of fused-ring (bicyclic) bond motifs is 1. The van der Waals surface area contributed by atoms with Gasteiger partial charge in [0.1, 0.15) is 5.56 Å². The second-order valence-electron chi connectivity index (χ2n) is 9.16. The van der Waals surface area contributed by atoms with E-state index in [0.29, 0.717) is 31.1 Å². The highest BCUT2D eigenvalue weighted by molar-refractivity contribution is 5.94. The fourth-order valence-electron chi connectivity index (χ4n) is 4.99. The standard InChI is InChI=1S/C21H27N5O3/c1-14-9-17-22-10-16(20(29)26(17)23-14)19(28)24-8-2-6-21(12-24)7-5-18(27)25(13-21)11-15-3-4-15/h9-10,15,23H,2-8,11-13H2,1H3. The highest BCUT2D eigenvalue weighted by atomic mass is 16.2. The Kier molecular flexibility index (Phi) is 4.26. The van der Waals surface area contributed by atoms with Crippen molar-refractivity contribution in [3.05, 3.63) is 33.9 Å². The monoisotopic (exact) mass is 397 g/mol. The van der Waals surface area contributed by atoms with E-state index in [4.69, 9.17) is 0 Å². The third-order valence-corrected chi connectivity index (χ3v) is 6.72. The molecule has 2 aromatic rings. The fourth-order valence-corrected chi connectivity index (χ4v) is 4.99. The first-order valence-electron chi connectivity index (χ1n) is 10.6. The average Bonchev–Trinajstić information content (AvgIpc) is 3.43. The lowest BCUT2D eigenvalue weighted by Gasteiger charge is -2.48. The zero-order chi connectivity index (χ0) is 20.2. The Hall–Kier alpha value is -2.64. The molecule has 8 heteroatoms. The summed E-state index contributed by atoms with van der Waals surface area (Å²) in [5.74, 6) is 0.660. The maximum atomic E-state index is 13.2. The lowest BCUT2D eigenvalue weighted by molar-refractivity contribution is -0.139. The number of aromatic amines is 1. The minimum atomic E-state index is -0.359. The normalized spacial score (nSPS) is 25.2. The molecule has 0 aromatic carbocycles. The minimum absolute atomic E-state index is 0.0482. The molecule has 1 saturated carbocycles. The molecule has 154 valence electrons. The summed E-state index contributed by atoms with van der Waals surface area (Å²) < 4.78 is 1.33. The van der Waals surface area contributed by atoms with Crippen LogP contribution >= 0.6 is 0 Å². The number of piperidine rings is 2. The van der Waals surface area contributed by atoms with E-state index in [1.54, 1.807) is 11.0 Å². The van der Waals surface area contributed by atoms with E-state index in [1.807, 2.05) is 11.8 Å². The van der Waals surface area contributed by atoms with Gasteiger partial charge in [-0.2, -0.15) is 0 Å². The molecule has 8 nitrogen and oxygen atoms in total. The first-order valence-corrected chi connectivity index (χ1v) is 10.6. The van der Waals surface area contributed by atoms with Gasteiger partial charge in [0.15, 0.2) is 5.65 Å². The van der Waals surface area contributed by atoms with Gasteiger partial charge in [-0.3, -0.25) is 19.5 Å². The SMILES string of the molecule is Cc1cc2ncc(C(=O)N3CCCC4(CCC(=O)N(CC5CC5)C4)C3)c(=O)n2[nH]1. The van der Waals surface area contributed by atoms with Crippen LogP contribution in [-0.2, 0) is 4.79 Å². The Morgan fingerprint density at radius 1 is 1.28 bits per heavy atom. The van der Waals surface area contributed by atoms with E-state index in [0.717, 1.165) is 38.0 Å². The molecule has 1 aliphatic carbocycles. The Morgan fingerprint density at radius 2 is 2.10 bits per heavy atom. The summed E-state index contributed by atoms with van der Waals surface area (Å²) in [6.45, 7) is 4.69. The van der Waals surface area contributed by atoms with Gasteiger partial charge in [0, 0.05) is 56.0 Å². The summed E-state index contributed by atoms with van der Waals surface area (Å²) in [5.41, 5.74) is 1.03. The lowest BCUT2D eigenvalue weighted by Crippen LogP contribution is -2.55. The summed E-state index contributed by atoms with van der Waals surface area (Å²) in [4.78, 5) is 46.5. The molecule has 0 bridgehead atoms. The molecule has 3 aliphatic rings. The number of likely N-dealkylation sites (tertiary alicyclic amines) is 2. The summed E-state index contributed by atoms with van der Waals surface area (Å²) in [5, 5.41) is 2.94. The number of nitrogens with zero attached hydrogens (tertiary/aromatic N) is 4. The van der Waals surface area contributed by atoms with E-state index in [-0.39, 0.29) is 28.4 Å².